The molecule has 0 amide bonds. The van der Waals surface area contributed by atoms with Gasteiger partial charge in [0.1, 0.15) is 11.9 Å². The number of benzene rings is 2. The molecule has 1 aliphatic rings. The lowest BCUT2D eigenvalue weighted by Crippen LogP contribution is -3.00. The van der Waals surface area contributed by atoms with Gasteiger partial charge in [0.2, 0.25) is 0 Å². The van der Waals surface area contributed by atoms with Crippen molar-refractivity contribution in [2.45, 2.75) is 25.8 Å². The van der Waals surface area contributed by atoms with Gasteiger partial charge in [-0.15, -0.1) is 0 Å². The maximum atomic E-state index is 3.52. The molecule has 3 aromatic rings. The Kier molecular flexibility index (Phi) is 5.02. The van der Waals surface area contributed by atoms with Gasteiger partial charge in [-0.3, -0.25) is 0 Å². The van der Waals surface area contributed by atoms with Crippen molar-refractivity contribution in [2.75, 3.05) is 0 Å². The third kappa shape index (κ3) is 3.15. The number of fused-ring (bicyclic) bond motifs is 1. The summed E-state index contributed by atoms with van der Waals surface area (Å²) in [5.74, 6) is 1.41. The monoisotopic (exact) mass is 432 g/mol. The molecule has 0 fully saturated rings. The average molecular weight is 434 g/mol. The van der Waals surface area contributed by atoms with E-state index in [4.69, 9.17) is 0 Å². The van der Waals surface area contributed by atoms with Gasteiger partial charge in [-0.25, -0.2) is 4.57 Å². The van der Waals surface area contributed by atoms with E-state index >= 15 is 0 Å². The lowest BCUT2D eigenvalue weighted by molar-refractivity contribution is -0.698. The van der Waals surface area contributed by atoms with Crippen molar-refractivity contribution in [1.82, 2.24) is 4.57 Å². The zero-order valence-corrected chi connectivity index (χ0v) is 15.9. The standard InChI is InChI=1S/C19H18BrN2.BrH/c20-16-9-11-17(12-10-16)22-14-18(15-6-2-1-3-7-15)21-13-5-4-8-19(21)22;/h1-3,6-7,9-12,14H,4-5,8,13H2;1H/q+1;/p-1. The second-order valence-corrected chi connectivity index (χ2v) is 6.67. The fraction of sp³-hybridized carbons (Fsp3) is 0.211. The molecular weight excluding hydrogens is 416 g/mol. The highest BCUT2D eigenvalue weighted by Crippen LogP contribution is 2.24. The van der Waals surface area contributed by atoms with Crippen molar-refractivity contribution < 1.29 is 21.5 Å². The van der Waals surface area contributed by atoms with Gasteiger partial charge in [-0.1, -0.05) is 46.3 Å². The van der Waals surface area contributed by atoms with Crippen LogP contribution in [0.2, 0.25) is 0 Å². The number of imidazole rings is 1. The third-order valence-corrected chi connectivity index (χ3v) is 4.87. The van der Waals surface area contributed by atoms with Crippen LogP contribution in [0.4, 0.5) is 0 Å². The van der Waals surface area contributed by atoms with Crippen LogP contribution in [0.25, 0.3) is 16.9 Å². The Labute approximate surface area is 155 Å². The van der Waals surface area contributed by atoms with Gasteiger partial charge in [-0.2, -0.15) is 4.57 Å². The van der Waals surface area contributed by atoms with E-state index in [0.29, 0.717) is 0 Å². The molecule has 0 aliphatic carbocycles. The Balaban J connectivity index is 0.00000156. The molecule has 0 spiro atoms. The molecule has 1 aromatic heterocycles. The van der Waals surface area contributed by atoms with E-state index < -0.39 is 0 Å². The maximum Gasteiger partial charge on any atom is 0.262 e. The SMILES string of the molecule is Brc1ccc(-n2cc(-c3ccccc3)[n+]3c2CCCC3)cc1.[Br-]. The Hall–Kier alpha value is -1.39. The van der Waals surface area contributed by atoms with Gasteiger partial charge < -0.3 is 17.0 Å². The van der Waals surface area contributed by atoms with Gasteiger partial charge in [-0.05, 0) is 37.1 Å². The van der Waals surface area contributed by atoms with Crippen molar-refractivity contribution in [3.8, 4) is 16.9 Å². The largest absolute Gasteiger partial charge is 1.00 e. The zero-order valence-electron chi connectivity index (χ0n) is 12.8. The Morgan fingerprint density at radius 1 is 0.913 bits per heavy atom. The molecule has 118 valence electrons. The predicted molar refractivity (Wildman–Crippen MR) is 92.0 cm³/mol. The van der Waals surface area contributed by atoms with Crippen LogP contribution in [0.3, 0.4) is 0 Å². The van der Waals surface area contributed by atoms with Gasteiger partial charge in [0.05, 0.1) is 6.54 Å². The van der Waals surface area contributed by atoms with Gasteiger partial charge in [0.15, 0.2) is 5.69 Å². The fourth-order valence-corrected chi connectivity index (χ4v) is 3.52. The van der Waals surface area contributed by atoms with Gasteiger partial charge in [0.25, 0.3) is 5.82 Å². The molecule has 0 bridgehead atoms. The van der Waals surface area contributed by atoms with Crippen LogP contribution >= 0.6 is 15.9 Å². The first-order valence-electron chi connectivity index (χ1n) is 7.78. The summed E-state index contributed by atoms with van der Waals surface area (Å²) in [6.45, 7) is 1.11. The summed E-state index contributed by atoms with van der Waals surface area (Å²) in [6.07, 6.45) is 5.97. The molecule has 2 nitrogen and oxygen atoms in total. The summed E-state index contributed by atoms with van der Waals surface area (Å²) >= 11 is 3.52. The Morgan fingerprint density at radius 3 is 2.39 bits per heavy atom. The van der Waals surface area contributed by atoms with Crippen molar-refractivity contribution in [3.05, 3.63) is 71.1 Å². The molecule has 0 unspecified atom stereocenters. The minimum Gasteiger partial charge on any atom is -1.00 e. The summed E-state index contributed by atoms with van der Waals surface area (Å²) < 4.78 is 5.96. The minimum absolute atomic E-state index is 0. The van der Waals surface area contributed by atoms with E-state index in [1.807, 2.05) is 0 Å². The first kappa shape index (κ1) is 16.5. The first-order chi connectivity index (χ1) is 10.8. The van der Waals surface area contributed by atoms with Crippen LogP contribution in [0.5, 0.6) is 0 Å². The lowest BCUT2D eigenvalue weighted by Gasteiger charge is -2.11. The quantitative estimate of drug-likeness (QED) is 0.542. The summed E-state index contributed by atoms with van der Waals surface area (Å²) in [5, 5.41) is 0. The van der Waals surface area contributed by atoms with Gasteiger partial charge in [0, 0.05) is 16.5 Å². The summed E-state index contributed by atoms with van der Waals surface area (Å²) in [5.41, 5.74) is 3.84. The number of hydrogen-bond acceptors (Lipinski definition) is 0. The summed E-state index contributed by atoms with van der Waals surface area (Å²) in [4.78, 5) is 0. The molecule has 4 rings (SSSR count). The highest BCUT2D eigenvalue weighted by molar-refractivity contribution is 9.10. The second kappa shape index (κ2) is 7.02. The molecule has 2 aromatic carbocycles. The number of hydrogen-bond donors (Lipinski definition) is 0. The number of rotatable bonds is 2. The third-order valence-electron chi connectivity index (χ3n) is 4.34. The van der Waals surface area contributed by atoms with Crippen LogP contribution in [-0.4, -0.2) is 4.57 Å². The van der Waals surface area contributed by atoms with E-state index in [9.17, 15) is 0 Å². The van der Waals surface area contributed by atoms with Crippen molar-refractivity contribution >= 4 is 15.9 Å². The summed E-state index contributed by atoms with van der Waals surface area (Å²) in [6, 6.07) is 19.3. The van der Waals surface area contributed by atoms with E-state index in [0.717, 1.165) is 17.4 Å². The number of aromatic nitrogens is 2. The van der Waals surface area contributed by atoms with Crippen molar-refractivity contribution in [1.29, 1.82) is 0 Å². The number of nitrogens with zero attached hydrogens (tertiary/aromatic N) is 2. The topological polar surface area (TPSA) is 8.81 Å². The molecule has 0 radical (unpaired) electrons. The normalized spacial score (nSPS) is 13.3. The number of halogens is 2. The molecule has 0 atom stereocenters. The molecular formula is C19H18Br2N2. The Bertz CT molecular complexity index is 792. The van der Waals surface area contributed by atoms with Crippen LogP contribution in [0, 0.1) is 0 Å². The second-order valence-electron chi connectivity index (χ2n) is 5.75. The maximum absolute atomic E-state index is 3.52. The molecule has 0 saturated heterocycles. The highest BCUT2D eigenvalue weighted by atomic mass is 79.9. The van der Waals surface area contributed by atoms with E-state index in [2.05, 4.69) is 85.9 Å². The van der Waals surface area contributed by atoms with E-state index in [1.54, 1.807) is 0 Å². The van der Waals surface area contributed by atoms with Crippen LogP contribution in [0.1, 0.15) is 18.7 Å². The van der Waals surface area contributed by atoms with Crippen molar-refractivity contribution in [2.24, 2.45) is 0 Å². The first-order valence-corrected chi connectivity index (χ1v) is 8.58. The molecule has 0 saturated carbocycles. The molecule has 23 heavy (non-hydrogen) atoms. The smallest absolute Gasteiger partial charge is 0.262 e. The average Bonchev–Trinajstić information content (AvgIpc) is 2.96. The van der Waals surface area contributed by atoms with Crippen molar-refractivity contribution in [3.63, 3.8) is 0 Å². The van der Waals surface area contributed by atoms with Crippen LogP contribution in [0.15, 0.2) is 65.3 Å². The molecule has 4 heteroatoms. The van der Waals surface area contributed by atoms with Crippen LogP contribution < -0.4 is 21.5 Å². The lowest BCUT2D eigenvalue weighted by atomic mass is 10.1. The Morgan fingerprint density at radius 2 is 1.65 bits per heavy atom. The highest BCUT2D eigenvalue weighted by Gasteiger charge is 2.27. The molecule has 2 heterocycles. The summed E-state index contributed by atoms with van der Waals surface area (Å²) in [7, 11) is 0. The molecule has 0 N–H and O–H groups in total. The van der Waals surface area contributed by atoms with E-state index in [-0.39, 0.29) is 17.0 Å². The zero-order chi connectivity index (χ0) is 14.9. The predicted octanol–water partition coefficient (Wildman–Crippen LogP) is 1.53. The van der Waals surface area contributed by atoms with E-state index in [1.165, 1.54) is 35.6 Å². The minimum atomic E-state index is 0. The fourth-order valence-electron chi connectivity index (χ4n) is 3.26. The van der Waals surface area contributed by atoms with Crippen LogP contribution in [-0.2, 0) is 13.0 Å². The molecule has 1 aliphatic heterocycles. The van der Waals surface area contributed by atoms with Gasteiger partial charge >= 0.3 is 0 Å².